The van der Waals surface area contributed by atoms with Crippen LogP contribution in [-0.2, 0) is 4.79 Å². The molecule has 0 N–H and O–H groups in total. The van der Waals surface area contributed by atoms with Crippen molar-refractivity contribution in [1.82, 2.24) is 0 Å². The number of hydrogen-bond donors (Lipinski definition) is 0. The van der Waals surface area contributed by atoms with Crippen molar-refractivity contribution in [3.63, 3.8) is 0 Å². The maximum Gasteiger partial charge on any atom is 0.158 e. The average molecular weight is 220 g/mol. The predicted molar refractivity (Wildman–Crippen MR) is 67.3 cm³/mol. The lowest BCUT2D eigenvalue weighted by Crippen LogP contribution is -1.98. The van der Waals surface area contributed by atoms with Gasteiger partial charge >= 0.3 is 0 Å². The quantitative estimate of drug-likeness (QED) is 0.595. The highest BCUT2D eigenvalue weighted by atomic mass is 16.1. The van der Waals surface area contributed by atoms with Gasteiger partial charge in [-0.15, -0.1) is 0 Å². The molecule has 2 aliphatic carbocycles. The molecule has 1 saturated carbocycles. The molecule has 0 aromatic carbocycles. The first-order valence-electron chi connectivity index (χ1n) is 7.08. The highest BCUT2D eigenvalue weighted by molar-refractivity contribution is 5.93. The number of carbonyl (C=O) groups is 1. The van der Waals surface area contributed by atoms with Crippen LogP contribution in [0, 0.1) is 11.8 Å². The van der Waals surface area contributed by atoms with E-state index in [1.165, 1.54) is 57.8 Å². The lowest BCUT2D eigenvalue weighted by atomic mass is 10.0. The van der Waals surface area contributed by atoms with Crippen LogP contribution >= 0.6 is 0 Å². The molecule has 0 heterocycles. The van der Waals surface area contributed by atoms with Crippen LogP contribution in [0.25, 0.3) is 0 Å². The van der Waals surface area contributed by atoms with Gasteiger partial charge in [-0.3, -0.25) is 4.79 Å². The Morgan fingerprint density at radius 1 is 0.938 bits per heavy atom. The zero-order chi connectivity index (χ0) is 11.2. The Labute approximate surface area is 99.3 Å². The monoisotopic (exact) mass is 220 g/mol. The first kappa shape index (κ1) is 11.9. The molecular formula is C15H24O. The van der Waals surface area contributed by atoms with Gasteiger partial charge in [-0.05, 0) is 37.7 Å². The molecule has 1 fully saturated rings. The van der Waals surface area contributed by atoms with Gasteiger partial charge in [0.05, 0.1) is 0 Å². The summed E-state index contributed by atoms with van der Waals surface area (Å²) in [6, 6.07) is 0. The summed E-state index contributed by atoms with van der Waals surface area (Å²) >= 11 is 0. The normalized spacial score (nSPS) is 34.9. The Hall–Kier alpha value is -0.590. The molecule has 1 nitrogen and oxygen atoms in total. The smallest absolute Gasteiger partial charge is 0.158 e. The molecule has 0 aromatic heterocycles. The number of ketones is 1. The molecule has 16 heavy (non-hydrogen) atoms. The molecular weight excluding hydrogens is 196 g/mol. The first-order chi connectivity index (χ1) is 7.88. The van der Waals surface area contributed by atoms with Gasteiger partial charge in [0, 0.05) is 5.92 Å². The summed E-state index contributed by atoms with van der Waals surface area (Å²) in [7, 11) is 0. The third kappa shape index (κ3) is 3.77. The van der Waals surface area contributed by atoms with E-state index in [1.54, 1.807) is 0 Å². The van der Waals surface area contributed by atoms with E-state index in [0.29, 0.717) is 11.7 Å². The van der Waals surface area contributed by atoms with Gasteiger partial charge in [0.2, 0.25) is 0 Å². The summed E-state index contributed by atoms with van der Waals surface area (Å²) in [4.78, 5) is 11.7. The van der Waals surface area contributed by atoms with Crippen LogP contribution in [0.2, 0.25) is 0 Å². The largest absolute Gasteiger partial charge is 0.295 e. The molecule has 90 valence electrons. The van der Waals surface area contributed by atoms with Crippen molar-refractivity contribution in [1.29, 1.82) is 0 Å². The van der Waals surface area contributed by atoms with Crippen LogP contribution in [-0.4, -0.2) is 5.78 Å². The molecule has 0 bridgehead atoms. The maximum absolute atomic E-state index is 11.7. The van der Waals surface area contributed by atoms with Crippen LogP contribution in [0.5, 0.6) is 0 Å². The second-order valence-electron chi connectivity index (χ2n) is 5.46. The Kier molecular flexibility index (Phi) is 4.62. The zero-order valence-electron chi connectivity index (χ0n) is 10.3. The van der Waals surface area contributed by atoms with Gasteiger partial charge in [-0.2, -0.15) is 0 Å². The van der Waals surface area contributed by atoms with E-state index in [2.05, 4.69) is 6.08 Å². The van der Waals surface area contributed by atoms with Gasteiger partial charge < -0.3 is 0 Å². The van der Waals surface area contributed by atoms with Crippen molar-refractivity contribution in [2.45, 2.75) is 64.2 Å². The van der Waals surface area contributed by atoms with Crippen molar-refractivity contribution < 1.29 is 4.79 Å². The van der Waals surface area contributed by atoms with Crippen molar-refractivity contribution >= 4 is 5.78 Å². The number of hydrogen-bond acceptors (Lipinski definition) is 1. The molecule has 0 saturated heterocycles. The summed E-state index contributed by atoms with van der Waals surface area (Å²) in [5, 5.41) is 0. The second kappa shape index (κ2) is 6.22. The molecule has 2 aliphatic rings. The fraction of sp³-hybridized carbons (Fsp3) is 0.800. The van der Waals surface area contributed by atoms with Gasteiger partial charge in [0.1, 0.15) is 0 Å². The predicted octanol–water partition coefficient (Wildman–Crippen LogP) is 4.27. The van der Waals surface area contributed by atoms with Gasteiger partial charge in [-0.1, -0.05) is 44.6 Å². The molecule has 1 heteroatoms. The van der Waals surface area contributed by atoms with E-state index >= 15 is 0 Å². The first-order valence-corrected chi connectivity index (χ1v) is 7.08. The summed E-state index contributed by atoms with van der Waals surface area (Å²) < 4.78 is 0. The molecule has 0 amide bonds. The average Bonchev–Trinajstić information content (AvgIpc) is 3.04. The Morgan fingerprint density at radius 3 is 2.44 bits per heavy atom. The summed E-state index contributed by atoms with van der Waals surface area (Å²) in [5.41, 5.74) is 0. The van der Waals surface area contributed by atoms with E-state index in [9.17, 15) is 4.79 Å². The summed E-state index contributed by atoms with van der Waals surface area (Å²) in [5.74, 6) is 1.54. The summed E-state index contributed by atoms with van der Waals surface area (Å²) in [6.07, 6.45) is 17.1. The lowest BCUT2D eigenvalue weighted by molar-refractivity contribution is -0.116. The minimum Gasteiger partial charge on any atom is -0.295 e. The number of rotatable bonds is 0. The van der Waals surface area contributed by atoms with Crippen LogP contribution in [0.3, 0.4) is 0 Å². The number of carbonyl (C=O) groups excluding carboxylic acids is 1. The van der Waals surface area contributed by atoms with Crippen molar-refractivity contribution in [2.24, 2.45) is 11.8 Å². The van der Waals surface area contributed by atoms with Gasteiger partial charge in [0.25, 0.3) is 0 Å². The molecule has 2 rings (SSSR count). The topological polar surface area (TPSA) is 17.1 Å². The minimum atomic E-state index is 0.402. The molecule has 0 radical (unpaired) electrons. The summed E-state index contributed by atoms with van der Waals surface area (Å²) in [6.45, 7) is 0. The highest BCUT2D eigenvalue weighted by Crippen LogP contribution is 2.43. The molecule has 0 aromatic rings. The fourth-order valence-corrected chi connectivity index (χ4v) is 2.79. The highest BCUT2D eigenvalue weighted by Gasteiger charge is 2.40. The van der Waals surface area contributed by atoms with Crippen molar-refractivity contribution in [3.8, 4) is 0 Å². The van der Waals surface area contributed by atoms with E-state index in [0.717, 1.165) is 12.3 Å². The van der Waals surface area contributed by atoms with Crippen LogP contribution in [0.4, 0.5) is 0 Å². The van der Waals surface area contributed by atoms with E-state index < -0.39 is 0 Å². The Bertz CT molecular complexity index is 254. The zero-order valence-corrected chi connectivity index (χ0v) is 10.3. The molecule has 0 spiro atoms. The molecule has 0 aliphatic heterocycles. The van der Waals surface area contributed by atoms with E-state index in [4.69, 9.17) is 0 Å². The third-order valence-electron chi connectivity index (χ3n) is 4.02. The Morgan fingerprint density at radius 2 is 1.62 bits per heavy atom. The lowest BCUT2D eigenvalue weighted by Gasteiger charge is -2.02. The second-order valence-corrected chi connectivity index (χ2v) is 5.46. The van der Waals surface area contributed by atoms with Crippen molar-refractivity contribution in [2.75, 3.05) is 0 Å². The number of fused-ring (bicyclic) bond motifs is 1. The van der Waals surface area contributed by atoms with E-state index in [-0.39, 0.29) is 0 Å². The third-order valence-corrected chi connectivity index (χ3v) is 4.02. The van der Waals surface area contributed by atoms with Gasteiger partial charge in [0.15, 0.2) is 5.78 Å². The van der Waals surface area contributed by atoms with Crippen LogP contribution in [0.15, 0.2) is 12.2 Å². The maximum atomic E-state index is 11.7. The standard InChI is InChI=1S/C15H24O/c16-15-11-9-7-5-3-1-2-4-6-8-10-13-12-14(13)15/h9,11,13-14H,1-8,10,12H2/b11-9+/t13-,14+/m1/s1. The van der Waals surface area contributed by atoms with Gasteiger partial charge in [-0.25, -0.2) is 0 Å². The fourth-order valence-electron chi connectivity index (χ4n) is 2.79. The van der Waals surface area contributed by atoms with Crippen molar-refractivity contribution in [3.05, 3.63) is 12.2 Å². The Balaban J connectivity index is 1.78. The minimum absolute atomic E-state index is 0.402. The number of allylic oxidation sites excluding steroid dienone is 2. The molecule has 0 unspecified atom stereocenters. The SMILES string of the molecule is O=C1/C=C/CCCCCCCCC[C@@H]2C[C@H]12. The van der Waals surface area contributed by atoms with E-state index in [1.807, 2.05) is 6.08 Å². The van der Waals surface area contributed by atoms with Crippen LogP contribution < -0.4 is 0 Å². The molecule has 2 atom stereocenters. The van der Waals surface area contributed by atoms with Crippen LogP contribution in [0.1, 0.15) is 64.2 Å².